The van der Waals surface area contributed by atoms with Crippen LogP contribution in [0.4, 0.5) is 0 Å². The van der Waals surface area contributed by atoms with Crippen LogP contribution in [0.5, 0.6) is 5.75 Å². The number of nitriles is 1. The second-order valence-corrected chi connectivity index (χ2v) is 4.08. The summed E-state index contributed by atoms with van der Waals surface area (Å²) in [5.41, 5.74) is 1.85. The molecule has 0 spiro atoms. The van der Waals surface area contributed by atoms with E-state index < -0.39 is 6.10 Å². The van der Waals surface area contributed by atoms with Crippen molar-refractivity contribution in [3.05, 3.63) is 65.7 Å². The number of hydrogen-bond donors (Lipinski definition) is 0. The van der Waals surface area contributed by atoms with E-state index in [4.69, 9.17) is 9.47 Å². The Morgan fingerprint density at radius 2 is 1.89 bits per heavy atom. The molecule has 0 aliphatic heterocycles. The third-order valence-electron chi connectivity index (χ3n) is 2.77. The van der Waals surface area contributed by atoms with Gasteiger partial charge < -0.3 is 9.47 Å². The van der Waals surface area contributed by atoms with E-state index in [9.17, 15) is 5.26 Å². The van der Waals surface area contributed by atoms with E-state index in [1.54, 1.807) is 7.11 Å². The average Bonchev–Trinajstić information content (AvgIpc) is 2.49. The van der Waals surface area contributed by atoms with Gasteiger partial charge in [0.2, 0.25) is 0 Å². The monoisotopic (exact) mass is 253 g/mol. The van der Waals surface area contributed by atoms with Crippen LogP contribution in [0.25, 0.3) is 0 Å². The van der Waals surface area contributed by atoms with Crippen LogP contribution in [-0.4, -0.2) is 7.11 Å². The summed E-state index contributed by atoms with van der Waals surface area (Å²) in [6.45, 7) is 0.413. The summed E-state index contributed by atoms with van der Waals surface area (Å²) in [4.78, 5) is 0. The maximum Gasteiger partial charge on any atom is 0.169 e. The number of benzene rings is 2. The van der Waals surface area contributed by atoms with Crippen LogP contribution in [0.15, 0.2) is 54.6 Å². The lowest BCUT2D eigenvalue weighted by molar-refractivity contribution is 0.0766. The fraction of sp³-hybridized carbons (Fsp3) is 0.188. The normalized spacial score (nSPS) is 11.6. The molecule has 0 N–H and O–H groups in total. The summed E-state index contributed by atoms with van der Waals surface area (Å²) in [5.74, 6) is 0.723. The molecule has 19 heavy (non-hydrogen) atoms. The third kappa shape index (κ3) is 3.57. The first kappa shape index (κ1) is 13.1. The molecule has 0 aliphatic rings. The lowest BCUT2D eigenvalue weighted by Crippen LogP contribution is -2.02. The first-order valence-corrected chi connectivity index (χ1v) is 6.02. The predicted octanol–water partition coefficient (Wildman–Crippen LogP) is 3.48. The van der Waals surface area contributed by atoms with Crippen LogP contribution in [0, 0.1) is 11.3 Å². The second-order valence-electron chi connectivity index (χ2n) is 4.08. The summed E-state index contributed by atoms with van der Waals surface area (Å²) < 4.78 is 10.8. The number of ether oxygens (including phenoxy) is 2. The Morgan fingerprint density at radius 3 is 2.58 bits per heavy atom. The maximum absolute atomic E-state index is 9.21. The fourth-order valence-corrected chi connectivity index (χ4v) is 1.77. The summed E-state index contributed by atoms with van der Waals surface area (Å²) in [7, 11) is 1.60. The van der Waals surface area contributed by atoms with E-state index in [-0.39, 0.29) is 0 Å². The molecule has 96 valence electrons. The first-order valence-electron chi connectivity index (χ1n) is 6.02. The van der Waals surface area contributed by atoms with Crippen LogP contribution >= 0.6 is 0 Å². The van der Waals surface area contributed by atoms with Crippen molar-refractivity contribution in [3.63, 3.8) is 0 Å². The Bertz CT molecular complexity index is 560. The van der Waals surface area contributed by atoms with Crippen molar-refractivity contribution >= 4 is 0 Å². The Hall–Kier alpha value is -2.31. The van der Waals surface area contributed by atoms with Gasteiger partial charge in [0.15, 0.2) is 6.10 Å². The molecule has 0 saturated carbocycles. The van der Waals surface area contributed by atoms with E-state index >= 15 is 0 Å². The number of nitrogens with zero attached hydrogens (tertiary/aromatic N) is 1. The van der Waals surface area contributed by atoms with E-state index in [0.717, 1.165) is 16.9 Å². The second kappa shape index (κ2) is 6.58. The van der Waals surface area contributed by atoms with Gasteiger partial charge >= 0.3 is 0 Å². The zero-order valence-corrected chi connectivity index (χ0v) is 10.7. The lowest BCUT2D eigenvalue weighted by atomic mass is 10.1. The Balaban J connectivity index is 2.06. The Morgan fingerprint density at radius 1 is 1.11 bits per heavy atom. The van der Waals surface area contributed by atoms with Crippen molar-refractivity contribution in [1.29, 1.82) is 5.26 Å². The van der Waals surface area contributed by atoms with Gasteiger partial charge in [-0.1, -0.05) is 42.5 Å². The van der Waals surface area contributed by atoms with Crippen molar-refractivity contribution in [2.45, 2.75) is 12.7 Å². The highest BCUT2D eigenvalue weighted by Crippen LogP contribution is 2.22. The van der Waals surface area contributed by atoms with Crippen molar-refractivity contribution in [1.82, 2.24) is 0 Å². The summed E-state index contributed by atoms with van der Waals surface area (Å²) in [5, 5.41) is 9.21. The molecular weight excluding hydrogens is 238 g/mol. The molecule has 0 bridgehead atoms. The van der Waals surface area contributed by atoms with Gasteiger partial charge in [-0.05, 0) is 23.3 Å². The minimum atomic E-state index is -0.588. The topological polar surface area (TPSA) is 42.2 Å². The molecule has 2 aromatic rings. The lowest BCUT2D eigenvalue weighted by Gasteiger charge is -2.12. The SMILES string of the molecule is COc1cccc(C(C#N)OCc2ccccc2)c1. The Labute approximate surface area is 113 Å². The van der Waals surface area contributed by atoms with Gasteiger partial charge in [0.25, 0.3) is 0 Å². The van der Waals surface area contributed by atoms with Gasteiger partial charge in [-0.2, -0.15) is 5.26 Å². The highest BCUT2D eigenvalue weighted by atomic mass is 16.5. The molecule has 3 nitrogen and oxygen atoms in total. The van der Waals surface area contributed by atoms with Crippen LogP contribution < -0.4 is 4.74 Å². The van der Waals surface area contributed by atoms with Crippen molar-refractivity contribution in [2.24, 2.45) is 0 Å². The van der Waals surface area contributed by atoms with E-state index in [2.05, 4.69) is 6.07 Å². The molecule has 0 aliphatic carbocycles. The zero-order chi connectivity index (χ0) is 13.5. The molecular formula is C16H15NO2. The van der Waals surface area contributed by atoms with Crippen LogP contribution in [0.3, 0.4) is 0 Å². The van der Waals surface area contributed by atoms with E-state index in [1.807, 2.05) is 54.6 Å². The van der Waals surface area contributed by atoms with Gasteiger partial charge in [0.05, 0.1) is 19.8 Å². The molecule has 0 saturated heterocycles. The van der Waals surface area contributed by atoms with Gasteiger partial charge in [0.1, 0.15) is 5.75 Å². The largest absolute Gasteiger partial charge is 0.497 e. The maximum atomic E-state index is 9.21. The van der Waals surface area contributed by atoms with E-state index in [0.29, 0.717) is 6.61 Å². The van der Waals surface area contributed by atoms with E-state index in [1.165, 1.54) is 0 Å². The van der Waals surface area contributed by atoms with Gasteiger partial charge in [-0.3, -0.25) is 0 Å². The minimum Gasteiger partial charge on any atom is -0.497 e. The number of rotatable bonds is 5. The minimum absolute atomic E-state index is 0.413. The summed E-state index contributed by atoms with van der Waals surface area (Å²) >= 11 is 0. The first-order chi connectivity index (χ1) is 9.33. The van der Waals surface area contributed by atoms with Gasteiger partial charge in [0, 0.05) is 0 Å². The molecule has 0 radical (unpaired) electrons. The van der Waals surface area contributed by atoms with Gasteiger partial charge in [-0.25, -0.2) is 0 Å². The van der Waals surface area contributed by atoms with Crippen LogP contribution in [0.1, 0.15) is 17.2 Å². The van der Waals surface area contributed by atoms with Crippen LogP contribution in [-0.2, 0) is 11.3 Å². The van der Waals surface area contributed by atoms with Crippen molar-refractivity contribution in [2.75, 3.05) is 7.11 Å². The third-order valence-corrected chi connectivity index (χ3v) is 2.77. The van der Waals surface area contributed by atoms with Gasteiger partial charge in [-0.15, -0.1) is 0 Å². The highest BCUT2D eigenvalue weighted by molar-refractivity contribution is 5.32. The highest BCUT2D eigenvalue weighted by Gasteiger charge is 2.11. The molecule has 2 aromatic carbocycles. The quantitative estimate of drug-likeness (QED) is 0.819. The summed E-state index contributed by atoms with van der Waals surface area (Å²) in [6, 6.07) is 19.3. The molecule has 2 rings (SSSR count). The molecule has 0 heterocycles. The molecule has 1 unspecified atom stereocenters. The number of methoxy groups -OCH3 is 1. The molecule has 0 amide bonds. The van der Waals surface area contributed by atoms with Crippen molar-refractivity contribution < 1.29 is 9.47 Å². The predicted molar refractivity (Wildman–Crippen MR) is 72.6 cm³/mol. The van der Waals surface area contributed by atoms with Crippen LogP contribution in [0.2, 0.25) is 0 Å². The van der Waals surface area contributed by atoms with Crippen molar-refractivity contribution in [3.8, 4) is 11.8 Å². The molecule has 0 aromatic heterocycles. The average molecular weight is 253 g/mol. The Kier molecular flexibility index (Phi) is 4.54. The smallest absolute Gasteiger partial charge is 0.169 e. The summed E-state index contributed by atoms with van der Waals surface area (Å²) in [6.07, 6.45) is -0.588. The standard InChI is InChI=1S/C16H15NO2/c1-18-15-9-5-8-14(10-15)16(11-17)19-12-13-6-3-2-4-7-13/h2-10,16H,12H2,1H3. The molecule has 1 atom stereocenters. The zero-order valence-electron chi connectivity index (χ0n) is 10.7. The molecule has 3 heteroatoms. The fourth-order valence-electron chi connectivity index (χ4n) is 1.77. The molecule has 0 fully saturated rings. The number of hydrogen-bond acceptors (Lipinski definition) is 3.